The van der Waals surface area contributed by atoms with Gasteiger partial charge in [-0.05, 0) is 68.2 Å². The second-order valence-corrected chi connectivity index (χ2v) is 8.27. The van der Waals surface area contributed by atoms with E-state index >= 15 is 0 Å². The number of rotatable bonds is 11. The molecule has 0 rings (SSSR count). The van der Waals surface area contributed by atoms with Crippen LogP contribution in [0.25, 0.3) is 0 Å². The Balaban J connectivity index is 4.48. The SMILES string of the molecule is CC(C)N(C(=O)C[C@H](O)CC[C@@H](O)CC(=O)N(C(C)C)C(C)C)C(C)C. The smallest absolute Gasteiger partial charge is 0.225 e. The first kappa shape index (κ1) is 24.9. The molecule has 0 aromatic rings. The van der Waals surface area contributed by atoms with Gasteiger partial charge < -0.3 is 20.0 Å². The second kappa shape index (κ2) is 11.5. The quantitative estimate of drug-likeness (QED) is 0.584. The molecule has 0 saturated heterocycles. The number of carbonyl (C=O) groups excluding carboxylic acids is 2. The summed E-state index contributed by atoms with van der Waals surface area (Å²) in [5, 5.41) is 20.3. The molecule has 6 nitrogen and oxygen atoms in total. The summed E-state index contributed by atoms with van der Waals surface area (Å²) in [6, 6.07) is 0.318. The van der Waals surface area contributed by atoms with Gasteiger partial charge in [0.1, 0.15) is 0 Å². The highest BCUT2D eigenvalue weighted by Gasteiger charge is 2.25. The lowest BCUT2D eigenvalue weighted by Crippen LogP contribution is -2.43. The Kier molecular flexibility index (Phi) is 11.0. The van der Waals surface area contributed by atoms with Crippen LogP contribution in [-0.4, -0.2) is 68.2 Å². The van der Waals surface area contributed by atoms with E-state index in [0.29, 0.717) is 12.8 Å². The average molecular weight is 373 g/mol. The van der Waals surface area contributed by atoms with Gasteiger partial charge in [-0.2, -0.15) is 0 Å². The van der Waals surface area contributed by atoms with E-state index in [-0.39, 0.29) is 48.8 Å². The van der Waals surface area contributed by atoms with Crippen LogP contribution in [0, 0.1) is 0 Å². The maximum Gasteiger partial charge on any atom is 0.225 e. The highest BCUT2D eigenvalue weighted by molar-refractivity contribution is 5.77. The van der Waals surface area contributed by atoms with Crippen molar-refractivity contribution in [1.29, 1.82) is 0 Å². The summed E-state index contributed by atoms with van der Waals surface area (Å²) in [6.07, 6.45) is -0.930. The van der Waals surface area contributed by atoms with E-state index in [1.165, 1.54) is 0 Å². The van der Waals surface area contributed by atoms with E-state index in [4.69, 9.17) is 0 Å². The van der Waals surface area contributed by atoms with Crippen LogP contribution < -0.4 is 0 Å². The van der Waals surface area contributed by atoms with E-state index in [9.17, 15) is 19.8 Å². The summed E-state index contributed by atoms with van der Waals surface area (Å²) in [5.74, 6) is -0.169. The first-order valence-electron chi connectivity index (χ1n) is 9.86. The third kappa shape index (κ3) is 8.49. The number of hydrogen-bond acceptors (Lipinski definition) is 4. The summed E-state index contributed by atoms with van der Waals surface area (Å²) in [5.41, 5.74) is 0. The fourth-order valence-corrected chi connectivity index (χ4v) is 3.55. The Hall–Kier alpha value is -1.14. The van der Waals surface area contributed by atoms with Crippen molar-refractivity contribution in [2.24, 2.45) is 0 Å². The van der Waals surface area contributed by atoms with Crippen LogP contribution in [0.5, 0.6) is 0 Å². The molecule has 0 radical (unpaired) electrons. The molecule has 0 aromatic heterocycles. The number of hydrogen-bond donors (Lipinski definition) is 2. The van der Waals surface area contributed by atoms with Crippen LogP contribution in [0.2, 0.25) is 0 Å². The third-order valence-electron chi connectivity index (χ3n) is 4.45. The molecule has 26 heavy (non-hydrogen) atoms. The van der Waals surface area contributed by atoms with E-state index in [2.05, 4.69) is 0 Å². The average Bonchev–Trinajstić information content (AvgIpc) is 2.42. The predicted octanol–water partition coefficient (Wildman–Crippen LogP) is 2.56. The summed E-state index contributed by atoms with van der Waals surface area (Å²) in [4.78, 5) is 28.2. The molecule has 2 atom stereocenters. The van der Waals surface area contributed by atoms with Gasteiger partial charge >= 0.3 is 0 Å². The molecule has 0 aliphatic rings. The van der Waals surface area contributed by atoms with Gasteiger partial charge in [-0.1, -0.05) is 0 Å². The molecule has 0 spiro atoms. The fraction of sp³-hybridized carbons (Fsp3) is 0.900. The molecule has 2 amide bonds. The van der Waals surface area contributed by atoms with Crippen molar-refractivity contribution in [3.8, 4) is 0 Å². The molecular formula is C20H40N2O4. The first-order valence-corrected chi connectivity index (χ1v) is 9.86. The minimum absolute atomic E-state index is 0.0428. The zero-order chi connectivity index (χ0) is 20.6. The predicted molar refractivity (Wildman–Crippen MR) is 105 cm³/mol. The van der Waals surface area contributed by atoms with Crippen LogP contribution >= 0.6 is 0 Å². The number of aliphatic hydroxyl groups is 2. The maximum atomic E-state index is 12.3. The molecule has 0 bridgehead atoms. The maximum absolute atomic E-state index is 12.3. The van der Waals surface area contributed by atoms with E-state index in [1.54, 1.807) is 9.80 Å². The lowest BCUT2D eigenvalue weighted by Gasteiger charge is -2.32. The lowest BCUT2D eigenvalue weighted by molar-refractivity contribution is -0.138. The molecule has 6 heteroatoms. The molecule has 0 aliphatic carbocycles. The minimum atomic E-state index is -0.807. The molecular weight excluding hydrogens is 332 g/mol. The molecule has 0 heterocycles. The van der Waals surface area contributed by atoms with Crippen LogP contribution in [0.15, 0.2) is 0 Å². The van der Waals surface area contributed by atoms with Crippen molar-refractivity contribution in [3.05, 3.63) is 0 Å². The van der Waals surface area contributed by atoms with Gasteiger partial charge in [0.05, 0.1) is 25.0 Å². The zero-order valence-corrected chi connectivity index (χ0v) is 17.9. The fourth-order valence-electron chi connectivity index (χ4n) is 3.55. The van der Waals surface area contributed by atoms with Gasteiger partial charge in [0.15, 0.2) is 0 Å². The molecule has 0 aliphatic heterocycles. The summed E-state index contributed by atoms with van der Waals surface area (Å²) in [6.45, 7) is 15.6. The van der Waals surface area contributed by atoms with Crippen LogP contribution in [-0.2, 0) is 9.59 Å². The molecule has 0 fully saturated rings. The second-order valence-electron chi connectivity index (χ2n) is 8.27. The monoisotopic (exact) mass is 372 g/mol. The Morgan fingerprint density at radius 1 is 0.615 bits per heavy atom. The Morgan fingerprint density at radius 2 is 0.846 bits per heavy atom. The summed E-state index contributed by atoms with van der Waals surface area (Å²) < 4.78 is 0. The van der Waals surface area contributed by atoms with Gasteiger partial charge in [0, 0.05) is 24.2 Å². The lowest BCUT2D eigenvalue weighted by atomic mass is 10.0. The van der Waals surface area contributed by atoms with Crippen molar-refractivity contribution in [2.45, 2.75) is 117 Å². The van der Waals surface area contributed by atoms with Crippen molar-refractivity contribution < 1.29 is 19.8 Å². The van der Waals surface area contributed by atoms with E-state index < -0.39 is 12.2 Å². The number of nitrogens with zero attached hydrogens (tertiary/aromatic N) is 2. The molecule has 0 unspecified atom stereocenters. The number of amides is 2. The van der Waals surface area contributed by atoms with Gasteiger partial charge in [-0.15, -0.1) is 0 Å². The Bertz CT molecular complexity index is 380. The van der Waals surface area contributed by atoms with E-state index in [0.717, 1.165) is 0 Å². The standard InChI is InChI=1S/C20H40N2O4/c1-13(2)21(14(3)4)19(25)11-17(23)9-10-18(24)12-20(26)22(15(5)6)16(7)8/h13-18,23-24H,9-12H2,1-8H3/t17-,18-/m1/s1. The molecule has 0 aromatic carbocycles. The first-order chi connectivity index (χ1) is 11.9. The van der Waals surface area contributed by atoms with Gasteiger partial charge in [0.2, 0.25) is 11.8 Å². The van der Waals surface area contributed by atoms with Crippen LogP contribution in [0.1, 0.15) is 81.1 Å². The number of carbonyl (C=O) groups is 2. The molecule has 2 N–H and O–H groups in total. The van der Waals surface area contributed by atoms with Crippen LogP contribution in [0.3, 0.4) is 0 Å². The topological polar surface area (TPSA) is 81.1 Å². The van der Waals surface area contributed by atoms with Crippen molar-refractivity contribution in [1.82, 2.24) is 9.80 Å². The normalized spacial score (nSPS) is 14.2. The zero-order valence-electron chi connectivity index (χ0n) is 17.9. The van der Waals surface area contributed by atoms with Gasteiger partial charge in [-0.25, -0.2) is 0 Å². The van der Waals surface area contributed by atoms with Crippen molar-refractivity contribution >= 4 is 11.8 Å². The Labute approximate surface area is 159 Å². The molecule has 154 valence electrons. The number of aliphatic hydroxyl groups excluding tert-OH is 2. The van der Waals surface area contributed by atoms with Crippen molar-refractivity contribution in [3.63, 3.8) is 0 Å². The summed E-state index contributed by atoms with van der Waals surface area (Å²) in [7, 11) is 0. The highest BCUT2D eigenvalue weighted by Crippen LogP contribution is 2.15. The summed E-state index contributed by atoms with van der Waals surface area (Å²) >= 11 is 0. The highest BCUT2D eigenvalue weighted by atomic mass is 16.3. The molecule has 0 saturated carbocycles. The van der Waals surface area contributed by atoms with E-state index in [1.807, 2.05) is 55.4 Å². The van der Waals surface area contributed by atoms with Crippen molar-refractivity contribution in [2.75, 3.05) is 0 Å². The van der Waals surface area contributed by atoms with Gasteiger partial charge in [0.25, 0.3) is 0 Å². The largest absolute Gasteiger partial charge is 0.393 e. The third-order valence-corrected chi connectivity index (χ3v) is 4.45. The van der Waals surface area contributed by atoms with Crippen LogP contribution in [0.4, 0.5) is 0 Å². The Morgan fingerprint density at radius 3 is 1.04 bits per heavy atom. The van der Waals surface area contributed by atoms with Gasteiger partial charge in [-0.3, -0.25) is 9.59 Å². The minimum Gasteiger partial charge on any atom is -0.393 e.